The first-order chi connectivity index (χ1) is 28.0. The van der Waals surface area contributed by atoms with Gasteiger partial charge in [-0.2, -0.15) is 0 Å². The second-order valence-electron chi connectivity index (χ2n) is 12.1. The van der Waals surface area contributed by atoms with Gasteiger partial charge in [-0.25, -0.2) is 5.84 Å². The van der Waals surface area contributed by atoms with Crippen LogP contribution in [0, 0.1) is 10.8 Å². The fraction of sp³-hybridized carbons (Fsp3) is 0.625. The fourth-order valence-corrected chi connectivity index (χ4v) is 4.19. The molecule has 4 aliphatic rings. The van der Waals surface area contributed by atoms with Gasteiger partial charge in [-0.15, -0.1) is 61.2 Å². The van der Waals surface area contributed by atoms with E-state index in [1.807, 2.05) is 0 Å². The SMILES string of the molecule is C.COC(=N)CCCCC(=N)OC.NC1=NCc2nnc(nn2)CN=C(N)CCCCC(N)=NCc2nnc(nn2)CN=C(N)CCCC1.NCc1nnc(NN)nn1. The van der Waals surface area contributed by atoms with Crippen LogP contribution in [0.4, 0.5) is 5.95 Å². The molecular formula is C32H59N25O2. The first-order valence-corrected chi connectivity index (χ1v) is 18.3. The summed E-state index contributed by atoms with van der Waals surface area (Å²) >= 11 is 0. The van der Waals surface area contributed by atoms with Crippen LogP contribution in [0.2, 0.25) is 0 Å². The van der Waals surface area contributed by atoms with Crippen LogP contribution in [0.1, 0.15) is 114 Å². The number of anilines is 1. The van der Waals surface area contributed by atoms with Gasteiger partial charge in [-0.05, 0) is 38.5 Å². The van der Waals surface area contributed by atoms with Crippen LogP contribution in [0.5, 0.6) is 0 Å². The highest BCUT2D eigenvalue weighted by molar-refractivity contribution is 5.82. The Bertz CT molecular complexity index is 1540. The van der Waals surface area contributed by atoms with Crippen molar-refractivity contribution in [2.24, 2.45) is 54.5 Å². The molecule has 0 saturated carbocycles. The monoisotopic (exact) mass is 826 g/mol. The molecule has 7 rings (SSSR count). The Morgan fingerprint density at radius 2 is 0.814 bits per heavy atom. The summed E-state index contributed by atoms with van der Waals surface area (Å²) in [5.74, 6) is 9.64. The van der Waals surface area contributed by atoms with Crippen molar-refractivity contribution < 1.29 is 9.47 Å². The minimum Gasteiger partial charge on any atom is -0.484 e. The lowest BCUT2D eigenvalue weighted by molar-refractivity contribution is 0.376. The first kappa shape index (κ1) is 50.4. The molecule has 0 aliphatic carbocycles. The number of nitrogen functional groups attached to an aromatic ring is 1. The Hall–Kier alpha value is -6.64. The Morgan fingerprint density at radius 3 is 1.05 bits per heavy atom. The van der Waals surface area contributed by atoms with Crippen LogP contribution in [0.25, 0.3) is 0 Å². The standard InChI is InChI=1S/C20H32N16.C8H16N2O2.C3H7N7.CH4/c21-13-5-1-2-6-14(22)26-10-18-31-35-20(36-32-18)12-28-16(24)8-4-3-7-15(23)27-11-19-33-29-17(9-25-13)30-34-19;1-11-7(9)5-3-4-6-8(10)12-2;4-1-2-7-9-3(6-5)10-8-2;/h1-12H2,(H2,21,25)(H2,22,26)(H2,23,27)(H2,24,28);9-10H,3-6H2,1-2H3;1,4-5H2,(H,6,9,10);1H4. The molecule has 0 spiro atoms. The number of aliphatic imine (C=N–C) groups is 4. The van der Waals surface area contributed by atoms with Gasteiger partial charge in [0.05, 0.1) is 44.1 Å². The van der Waals surface area contributed by atoms with E-state index in [4.69, 9.17) is 45.3 Å². The van der Waals surface area contributed by atoms with Gasteiger partial charge in [0.1, 0.15) is 26.2 Å². The molecule has 7 heterocycles. The summed E-state index contributed by atoms with van der Waals surface area (Å²) in [6.45, 7) is 1.04. The maximum absolute atomic E-state index is 7.16. The number of hydrogen-bond donors (Lipinski definition) is 9. The van der Waals surface area contributed by atoms with Crippen molar-refractivity contribution in [3.05, 3.63) is 29.1 Å². The summed E-state index contributed by atoms with van der Waals surface area (Å²) in [5.41, 5.74) is 31.3. The maximum Gasteiger partial charge on any atom is 0.276 e. The zero-order chi connectivity index (χ0) is 42.4. The molecule has 4 bridgehead atoms. The summed E-state index contributed by atoms with van der Waals surface area (Å²) < 4.78 is 9.36. The van der Waals surface area contributed by atoms with Crippen molar-refractivity contribution in [2.45, 2.75) is 117 Å². The molecule has 3 aromatic rings. The van der Waals surface area contributed by atoms with E-state index < -0.39 is 0 Å². The third kappa shape index (κ3) is 23.9. The highest BCUT2D eigenvalue weighted by Gasteiger charge is 2.06. The molecule has 0 unspecified atom stereocenters. The molecule has 0 radical (unpaired) electrons. The molecule has 27 nitrogen and oxygen atoms in total. The third-order valence-corrected chi connectivity index (χ3v) is 7.43. The van der Waals surface area contributed by atoms with Crippen molar-refractivity contribution in [2.75, 3.05) is 19.6 Å². The fourth-order valence-electron chi connectivity index (χ4n) is 4.19. The number of hydrogen-bond acceptors (Lipinski definition) is 27. The number of nitrogens with zero attached hydrogens (tertiary/aromatic N) is 16. The van der Waals surface area contributed by atoms with E-state index in [0.717, 1.165) is 38.5 Å². The number of nitrogens with one attached hydrogen (secondary N) is 3. The molecule has 324 valence electrons. The summed E-state index contributed by atoms with van der Waals surface area (Å²) in [6, 6.07) is 0. The molecule has 0 amide bonds. The molecule has 59 heavy (non-hydrogen) atoms. The molecule has 27 heteroatoms. The van der Waals surface area contributed by atoms with Gasteiger partial charge < -0.3 is 38.1 Å². The second kappa shape index (κ2) is 30.5. The lowest BCUT2D eigenvalue weighted by Gasteiger charge is -2.04. The van der Waals surface area contributed by atoms with Crippen molar-refractivity contribution in [1.82, 2.24) is 61.2 Å². The number of rotatable bonds is 7. The molecule has 0 saturated heterocycles. The molecular weight excluding hydrogens is 767 g/mol. The molecule has 0 fully saturated rings. The van der Waals surface area contributed by atoms with Crippen molar-refractivity contribution in [1.29, 1.82) is 10.8 Å². The quantitative estimate of drug-likeness (QED) is 0.0479. The van der Waals surface area contributed by atoms with E-state index >= 15 is 0 Å². The normalized spacial score (nSPS) is 14.3. The Kier molecular flexibility index (Phi) is 26.0. The Balaban J connectivity index is 0.000000617. The predicted molar refractivity (Wildman–Crippen MR) is 221 cm³/mol. The van der Waals surface area contributed by atoms with Gasteiger partial charge in [-0.1, -0.05) is 7.43 Å². The highest BCUT2D eigenvalue weighted by atomic mass is 16.5. The summed E-state index contributed by atoms with van der Waals surface area (Å²) in [6.07, 6.45) is 8.73. The van der Waals surface area contributed by atoms with Crippen molar-refractivity contribution in [3.63, 3.8) is 0 Å². The third-order valence-electron chi connectivity index (χ3n) is 7.43. The van der Waals surface area contributed by atoms with Crippen molar-refractivity contribution >= 4 is 41.1 Å². The van der Waals surface area contributed by atoms with Gasteiger partial charge in [0.15, 0.2) is 40.9 Å². The van der Waals surface area contributed by atoms with Gasteiger partial charge in [0.2, 0.25) is 0 Å². The molecule has 3 aromatic heterocycles. The van der Waals surface area contributed by atoms with Crippen LogP contribution in [0.15, 0.2) is 20.0 Å². The van der Waals surface area contributed by atoms with Gasteiger partial charge in [-0.3, -0.25) is 36.2 Å². The second-order valence-corrected chi connectivity index (χ2v) is 12.1. The zero-order valence-corrected chi connectivity index (χ0v) is 33.0. The van der Waals surface area contributed by atoms with Crippen LogP contribution >= 0.6 is 0 Å². The lowest BCUT2D eigenvalue weighted by Crippen LogP contribution is -2.16. The van der Waals surface area contributed by atoms with Crippen LogP contribution < -0.4 is 39.9 Å². The number of hydrazine groups is 1. The molecule has 0 aromatic carbocycles. The average molecular weight is 826 g/mol. The maximum atomic E-state index is 7.16. The number of unbranched alkanes of at least 4 members (excludes halogenated alkanes) is 1. The Labute approximate surface area is 342 Å². The van der Waals surface area contributed by atoms with Crippen LogP contribution in [-0.4, -0.2) is 111 Å². The van der Waals surface area contributed by atoms with Crippen LogP contribution in [-0.2, 0) is 42.2 Å². The minimum atomic E-state index is 0. The first-order valence-electron chi connectivity index (χ1n) is 18.3. The van der Waals surface area contributed by atoms with E-state index in [-0.39, 0.29) is 46.1 Å². The van der Waals surface area contributed by atoms with E-state index in [2.05, 4.69) is 96.1 Å². The average Bonchev–Trinajstić information content (AvgIpc) is 3.25. The number of nitrogens with two attached hydrogens (primary N) is 6. The Morgan fingerprint density at radius 1 is 0.525 bits per heavy atom. The predicted octanol–water partition coefficient (Wildman–Crippen LogP) is -0.449. The van der Waals surface area contributed by atoms with E-state index in [1.165, 1.54) is 14.2 Å². The largest absolute Gasteiger partial charge is 0.484 e. The highest BCUT2D eigenvalue weighted by Crippen LogP contribution is 2.05. The number of methoxy groups -OCH3 is 2. The topological polar surface area (TPSA) is 438 Å². The van der Waals surface area contributed by atoms with E-state index in [0.29, 0.717) is 103 Å². The van der Waals surface area contributed by atoms with Crippen molar-refractivity contribution in [3.8, 4) is 0 Å². The van der Waals surface area contributed by atoms with Gasteiger partial charge >= 0.3 is 0 Å². The lowest BCUT2D eigenvalue weighted by atomic mass is 10.2. The van der Waals surface area contributed by atoms with Gasteiger partial charge in [0.25, 0.3) is 5.95 Å². The summed E-state index contributed by atoms with van der Waals surface area (Å²) in [7, 11) is 3.00. The minimum absolute atomic E-state index is 0. The number of aromatic nitrogens is 12. The summed E-state index contributed by atoms with van der Waals surface area (Å²) in [4.78, 5) is 17.2. The molecule has 0 atom stereocenters. The van der Waals surface area contributed by atoms with E-state index in [9.17, 15) is 0 Å². The molecule has 15 N–H and O–H groups in total. The zero-order valence-electron chi connectivity index (χ0n) is 33.0. The van der Waals surface area contributed by atoms with E-state index in [1.54, 1.807) is 0 Å². The van der Waals surface area contributed by atoms with Crippen LogP contribution in [0.3, 0.4) is 0 Å². The summed E-state index contributed by atoms with van der Waals surface area (Å²) in [5, 5.41) is 60.8. The number of ether oxygens (including phenoxy) is 2. The molecule has 4 aliphatic heterocycles. The number of amidine groups is 4. The van der Waals surface area contributed by atoms with Gasteiger partial charge in [0, 0.05) is 38.5 Å². The smallest absolute Gasteiger partial charge is 0.276 e.